The van der Waals surface area contributed by atoms with Crippen LogP contribution >= 0.6 is 22.9 Å². The van der Waals surface area contributed by atoms with Crippen LogP contribution in [0.4, 0.5) is 9.93 Å². The highest BCUT2D eigenvalue weighted by atomic mass is 35.5. The lowest BCUT2D eigenvalue weighted by atomic mass is 10.1. The van der Waals surface area contributed by atoms with Gasteiger partial charge in [0.15, 0.2) is 0 Å². The maximum absolute atomic E-state index is 13.0. The van der Waals surface area contributed by atoms with Crippen molar-refractivity contribution in [3.8, 4) is 10.6 Å². The fourth-order valence-electron chi connectivity index (χ4n) is 2.84. The number of ether oxygens (including phenoxy) is 1. The summed E-state index contributed by atoms with van der Waals surface area (Å²) < 4.78 is 4.78. The monoisotopic (exact) mass is 487 g/mol. The van der Waals surface area contributed by atoms with Crippen LogP contribution in [0, 0.1) is 0 Å². The fourth-order valence-corrected chi connectivity index (χ4v) is 3.77. The van der Waals surface area contributed by atoms with Crippen LogP contribution in [0.15, 0.2) is 54.6 Å². The van der Waals surface area contributed by atoms with Crippen molar-refractivity contribution in [2.75, 3.05) is 18.5 Å². The van der Waals surface area contributed by atoms with Crippen LogP contribution in [0.3, 0.4) is 0 Å². The van der Waals surface area contributed by atoms with Gasteiger partial charge in [0.25, 0.3) is 0 Å². The van der Waals surface area contributed by atoms with Crippen molar-refractivity contribution in [3.63, 3.8) is 0 Å². The van der Waals surface area contributed by atoms with E-state index in [-0.39, 0.29) is 24.7 Å². The zero-order valence-electron chi connectivity index (χ0n) is 17.7. The van der Waals surface area contributed by atoms with Crippen molar-refractivity contribution >= 4 is 46.0 Å². The van der Waals surface area contributed by atoms with E-state index in [1.807, 2.05) is 36.4 Å². The van der Waals surface area contributed by atoms with Gasteiger partial charge in [0.1, 0.15) is 17.6 Å². The van der Waals surface area contributed by atoms with E-state index in [2.05, 4.69) is 26.1 Å². The number of esters is 1. The molecule has 0 bridgehead atoms. The van der Waals surface area contributed by atoms with E-state index < -0.39 is 23.9 Å². The Kier molecular flexibility index (Phi) is 8.73. The van der Waals surface area contributed by atoms with Gasteiger partial charge >= 0.3 is 12.0 Å². The topological polar surface area (TPSA) is 122 Å². The molecule has 3 amide bonds. The van der Waals surface area contributed by atoms with E-state index in [1.54, 1.807) is 25.1 Å². The second kappa shape index (κ2) is 11.9. The SMILES string of the molecule is CCOC(=O)CNC(=O)N[C@H](Cc1ccccc1)C(=O)Nc1nnc(-c2cccc(Cl)c2)s1. The average Bonchev–Trinajstić information content (AvgIpc) is 3.27. The number of nitrogens with zero attached hydrogens (tertiary/aromatic N) is 2. The summed E-state index contributed by atoms with van der Waals surface area (Å²) in [5.74, 6) is -1.04. The molecule has 3 N–H and O–H groups in total. The molecule has 1 heterocycles. The van der Waals surface area contributed by atoms with E-state index in [0.717, 1.165) is 11.1 Å². The van der Waals surface area contributed by atoms with Crippen molar-refractivity contribution in [1.82, 2.24) is 20.8 Å². The van der Waals surface area contributed by atoms with E-state index in [1.165, 1.54) is 11.3 Å². The first-order valence-electron chi connectivity index (χ1n) is 10.1. The number of amides is 3. The van der Waals surface area contributed by atoms with Crippen LogP contribution in [0.5, 0.6) is 0 Å². The van der Waals surface area contributed by atoms with E-state index in [4.69, 9.17) is 16.3 Å². The molecule has 1 atom stereocenters. The number of hydrogen-bond acceptors (Lipinski definition) is 7. The first-order chi connectivity index (χ1) is 15.9. The number of benzene rings is 2. The van der Waals surface area contributed by atoms with Crippen LogP contribution in [0.2, 0.25) is 5.02 Å². The summed E-state index contributed by atoms with van der Waals surface area (Å²) in [7, 11) is 0. The van der Waals surface area contributed by atoms with Crippen LogP contribution in [0.25, 0.3) is 10.6 Å². The summed E-state index contributed by atoms with van der Waals surface area (Å²) in [5.41, 5.74) is 1.62. The van der Waals surface area contributed by atoms with Gasteiger partial charge in [-0.3, -0.25) is 14.9 Å². The van der Waals surface area contributed by atoms with Crippen molar-refractivity contribution in [2.45, 2.75) is 19.4 Å². The lowest BCUT2D eigenvalue weighted by molar-refractivity contribution is -0.141. The molecule has 0 spiro atoms. The van der Waals surface area contributed by atoms with Gasteiger partial charge in [-0.25, -0.2) is 4.79 Å². The lowest BCUT2D eigenvalue weighted by Gasteiger charge is -2.18. The Labute approximate surface area is 199 Å². The molecular formula is C22H22ClN5O4S. The Morgan fingerprint density at radius 2 is 1.88 bits per heavy atom. The molecule has 33 heavy (non-hydrogen) atoms. The Morgan fingerprint density at radius 1 is 1.09 bits per heavy atom. The van der Waals surface area contributed by atoms with E-state index >= 15 is 0 Å². The molecule has 0 fully saturated rings. The van der Waals surface area contributed by atoms with Gasteiger partial charge in [0, 0.05) is 17.0 Å². The van der Waals surface area contributed by atoms with Crippen molar-refractivity contribution in [1.29, 1.82) is 0 Å². The second-order valence-electron chi connectivity index (χ2n) is 6.79. The summed E-state index contributed by atoms with van der Waals surface area (Å²) in [4.78, 5) is 36.7. The van der Waals surface area contributed by atoms with Gasteiger partial charge in [0.05, 0.1) is 6.61 Å². The smallest absolute Gasteiger partial charge is 0.325 e. The highest BCUT2D eigenvalue weighted by Crippen LogP contribution is 2.28. The maximum Gasteiger partial charge on any atom is 0.325 e. The number of urea groups is 1. The molecule has 0 aliphatic rings. The maximum atomic E-state index is 13.0. The third-order valence-electron chi connectivity index (χ3n) is 4.33. The van der Waals surface area contributed by atoms with Crippen molar-refractivity contribution in [2.24, 2.45) is 0 Å². The van der Waals surface area contributed by atoms with Gasteiger partial charge in [-0.1, -0.05) is 65.4 Å². The zero-order valence-corrected chi connectivity index (χ0v) is 19.3. The third-order valence-corrected chi connectivity index (χ3v) is 5.45. The van der Waals surface area contributed by atoms with Gasteiger partial charge < -0.3 is 15.4 Å². The Morgan fingerprint density at radius 3 is 2.61 bits per heavy atom. The molecule has 0 radical (unpaired) electrons. The predicted molar refractivity (Wildman–Crippen MR) is 126 cm³/mol. The molecule has 3 aromatic rings. The highest BCUT2D eigenvalue weighted by molar-refractivity contribution is 7.18. The molecule has 0 saturated carbocycles. The van der Waals surface area contributed by atoms with Crippen LogP contribution < -0.4 is 16.0 Å². The molecule has 2 aromatic carbocycles. The second-order valence-corrected chi connectivity index (χ2v) is 8.20. The predicted octanol–water partition coefficient (Wildman–Crippen LogP) is 3.27. The van der Waals surface area contributed by atoms with E-state index in [0.29, 0.717) is 10.0 Å². The minimum atomic E-state index is -0.923. The summed E-state index contributed by atoms with van der Waals surface area (Å²) >= 11 is 7.21. The minimum Gasteiger partial charge on any atom is -0.465 e. The van der Waals surface area contributed by atoms with Gasteiger partial charge in [0.2, 0.25) is 11.0 Å². The molecule has 172 valence electrons. The molecule has 3 rings (SSSR count). The fraction of sp³-hybridized carbons (Fsp3) is 0.227. The first kappa shape index (κ1) is 24.1. The minimum absolute atomic E-state index is 0.209. The molecule has 11 heteroatoms. The zero-order chi connectivity index (χ0) is 23.6. The summed E-state index contributed by atoms with van der Waals surface area (Å²) in [5, 5.41) is 17.2. The molecule has 9 nitrogen and oxygen atoms in total. The molecule has 0 unspecified atom stereocenters. The van der Waals surface area contributed by atoms with Crippen molar-refractivity contribution < 1.29 is 19.1 Å². The number of rotatable bonds is 9. The van der Waals surface area contributed by atoms with Crippen LogP contribution in [0.1, 0.15) is 12.5 Å². The number of aromatic nitrogens is 2. The number of nitrogens with one attached hydrogen (secondary N) is 3. The molecule has 0 saturated heterocycles. The molecule has 0 aliphatic heterocycles. The Bertz CT molecular complexity index is 1110. The normalized spacial score (nSPS) is 11.3. The Balaban J connectivity index is 1.68. The summed E-state index contributed by atoms with van der Waals surface area (Å²) in [6.07, 6.45) is 0.236. The molecule has 0 aliphatic carbocycles. The standard InChI is InChI=1S/C22H22ClN5O4S/c1-2-32-18(29)13-24-21(31)25-17(11-14-7-4-3-5-8-14)19(30)26-22-28-27-20(33-22)15-9-6-10-16(23)12-15/h3-10,12,17H,2,11,13H2,1H3,(H2,24,25,31)(H,26,28,30)/t17-/m1/s1. The average molecular weight is 488 g/mol. The van der Waals surface area contributed by atoms with Crippen LogP contribution in [-0.4, -0.2) is 47.3 Å². The third kappa shape index (κ3) is 7.55. The lowest BCUT2D eigenvalue weighted by Crippen LogP contribution is -2.50. The number of halogens is 1. The number of carbonyl (C=O) groups excluding carboxylic acids is 3. The quantitative estimate of drug-likeness (QED) is 0.398. The van der Waals surface area contributed by atoms with Crippen molar-refractivity contribution in [3.05, 3.63) is 65.2 Å². The van der Waals surface area contributed by atoms with E-state index in [9.17, 15) is 14.4 Å². The first-order valence-corrected chi connectivity index (χ1v) is 11.3. The molecular weight excluding hydrogens is 466 g/mol. The number of hydrogen-bond donors (Lipinski definition) is 3. The van der Waals surface area contributed by atoms with Gasteiger partial charge in [-0.2, -0.15) is 0 Å². The molecule has 1 aromatic heterocycles. The van der Waals surface area contributed by atoms with Gasteiger partial charge in [-0.15, -0.1) is 10.2 Å². The summed E-state index contributed by atoms with van der Waals surface area (Å²) in [6.45, 7) is 1.57. The summed E-state index contributed by atoms with van der Waals surface area (Å²) in [6, 6.07) is 14.8. The largest absolute Gasteiger partial charge is 0.465 e. The number of anilines is 1. The highest BCUT2D eigenvalue weighted by Gasteiger charge is 2.23. The van der Waals surface area contributed by atoms with Crippen LogP contribution in [-0.2, 0) is 20.7 Å². The van der Waals surface area contributed by atoms with Gasteiger partial charge in [-0.05, 0) is 24.6 Å². The number of carbonyl (C=O) groups is 3. The Hall–Kier alpha value is -3.50.